The molecule has 0 bridgehead atoms. The topological polar surface area (TPSA) is 66.8 Å². The van der Waals surface area contributed by atoms with Crippen LogP contribution in [0.1, 0.15) is 45.4 Å². The van der Waals surface area contributed by atoms with E-state index in [2.05, 4.69) is 6.92 Å². The van der Waals surface area contributed by atoms with Crippen LogP contribution in [0.5, 0.6) is 0 Å². The van der Waals surface area contributed by atoms with Gasteiger partial charge in [-0.1, -0.05) is 6.92 Å². The van der Waals surface area contributed by atoms with Crippen LogP contribution in [0.3, 0.4) is 0 Å². The van der Waals surface area contributed by atoms with E-state index in [0.717, 1.165) is 32.5 Å². The number of rotatable bonds is 7. The second-order valence-electron chi connectivity index (χ2n) is 5.73. The van der Waals surface area contributed by atoms with Crippen LogP contribution in [0.25, 0.3) is 0 Å². The van der Waals surface area contributed by atoms with E-state index < -0.39 is 5.97 Å². The molecule has 1 N–H and O–H groups in total. The summed E-state index contributed by atoms with van der Waals surface area (Å²) in [5.74, 6) is -0.634. The summed E-state index contributed by atoms with van der Waals surface area (Å²) in [5, 5.41) is 8.53. The van der Waals surface area contributed by atoms with E-state index in [1.54, 1.807) is 7.11 Å². The zero-order valence-corrected chi connectivity index (χ0v) is 12.0. The molecule has 0 aromatic heterocycles. The van der Waals surface area contributed by atoms with Crippen molar-refractivity contribution in [2.24, 2.45) is 5.41 Å². The molecule has 0 aliphatic carbocycles. The molecule has 110 valence electrons. The molecule has 0 aromatic rings. The van der Waals surface area contributed by atoms with Crippen molar-refractivity contribution >= 4 is 11.9 Å². The summed E-state index contributed by atoms with van der Waals surface area (Å²) in [5.41, 5.74) is 0.189. The number of hydrogen-bond acceptors (Lipinski definition) is 3. The van der Waals surface area contributed by atoms with Gasteiger partial charge in [0.25, 0.3) is 0 Å². The van der Waals surface area contributed by atoms with Crippen molar-refractivity contribution in [2.45, 2.75) is 45.4 Å². The van der Waals surface area contributed by atoms with Gasteiger partial charge in [-0.2, -0.15) is 0 Å². The maximum Gasteiger partial charge on any atom is 0.303 e. The first-order valence-electron chi connectivity index (χ1n) is 6.95. The maximum atomic E-state index is 12.0. The first-order valence-corrected chi connectivity index (χ1v) is 6.95. The highest BCUT2D eigenvalue weighted by Gasteiger charge is 2.31. The monoisotopic (exact) mass is 271 g/mol. The number of methoxy groups -OCH3 is 1. The van der Waals surface area contributed by atoms with Crippen molar-refractivity contribution < 1.29 is 19.4 Å². The molecule has 0 spiro atoms. The quantitative estimate of drug-likeness (QED) is 0.718. The molecule has 5 heteroatoms. The highest BCUT2D eigenvalue weighted by Crippen LogP contribution is 2.31. The molecule has 0 atom stereocenters. The first kappa shape index (κ1) is 16.0. The third-order valence-corrected chi connectivity index (χ3v) is 3.85. The van der Waals surface area contributed by atoms with Gasteiger partial charge < -0.3 is 14.7 Å². The van der Waals surface area contributed by atoms with Crippen molar-refractivity contribution in [3.63, 3.8) is 0 Å². The van der Waals surface area contributed by atoms with E-state index in [-0.39, 0.29) is 17.7 Å². The molecule has 19 heavy (non-hydrogen) atoms. The Bertz CT molecular complexity index is 309. The summed E-state index contributed by atoms with van der Waals surface area (Å²) in [7, 11) is 1.71. The lowest BCUT2D eigenvalue weighted by atomic mass is 9.81. The molecule has 1 heterocycles. The van der Waals surface area contributed by atoms with Gasteiger partial charge in [0.2, 0.25) is 5.91 Å². The number of likely N-dealkylation sites (tertiary alicyclic amines) is 1. The standard InChI is InChI=1S/C14H25NO4/c1-14(11-19-2)7-9-15(10-8-14)12(16)5-3-4-6-13(17)18/h3-11H2,1-2H3,(H,17,18). The van der Waals surface area contributed by atoms with Crippen molar-refractivity contribution in [3.8, 4) is 0 Å². The van der Waals surface area contributed by atoms with E-state index in [1.807, 2.05) is 4.90 Å². The van der Waals surface area contributed by atoms with Gasteiger partial charge >= 0.3 is 5.97 Å². The largest absolute Gasteiger partial charge is 0.481 e. The van der Waals surface area contributed by atoms with E-state index >= 15 is 0 Å². The Hall–Kier alpha value is -1.10. The second-order valence-corrected chi connectivity index (χ2v) is 5.73. The minimum Gasteiger partial charge on any atom is -0.481 e. The van der Waals surface area contributed by atoms with Crippen LogP contribution in [-0.4, -0.2) is 48.7 Å². The smallest absolute Gasteiger partial charge is 0.303 e. The molecular formula is C14H25NO4. The zero-order valence-electron chi connectivity index (χ0n) is 12.0. The number of carbonyl (C=O) groups is 2. The van der Waals surface area contributed by atoms with Crippen LogP contribution in [-0.2, 0) is 14.3 Å². The summed E-state index contributed by atoms with van der Waals surface area (Å²) < 4.78 is 5.22. The number of piperidine rings is 1. The van der Waals surface area contributed by atoms with Gasteiger partial charge in [-0.15, -0.1) is 0 Å². The molecule has 1 fully saturated rings. The number of amides is 1. The number of unbranched alkanes of at least 4 members (excludes halogenated alkanes) is 1. The molecule has 0 unspecified atom stereocenters. The minimum atomic E-state index is -0.791. The predicted octanol–water partition coefficient (Wildman–Crippen LogP) is 1.91. The summed E-state index contributed by atoms with van der Waals surface area (Å²) in [6.07, 6.45) is 3.81. The van der Waals surface area contributed by atoms with Gasteiger partial charge in [0.05, 0.1) is 6.61 Å². The van der Waals surface area contributed by atoms with E-state index in [9.17, 15) is 9.59 Å². The lowest BCUT2D eigenvalue weighted by molar-refractivity contribution is -0.138. The molecule has 0 saturated carbocycles. The van der Waals surface area contributed by atoms with Crippen molar-refractivity contribution in [2.75, 3.05) is 26.8 Å². The third kappa shape index (κ3) is 5.59. The molecule has 1 aliphatic rings. The highest BCUT2D eigenvalue weighted by atomic mass is 16.5. The van der Waals surface area contributed by atoms with Gasteiger partial charge in [-0.05, 0) is 31.1 Å². The SMILES string of the molecule is COCC1(C)CCN(C(=O)CCCCC(=O)O)CC1. The van der Waals surface area contributed by atoms with Crippen molar-refractivity contribution in [1.29, 1.82) is 0 Å². The average Bonchev–Trinajstić information content (AvgIpc) is 2.35. The number of aliphatic carboxylic acids is 1. The van der Waals surface area contributed by atoms with Crippen LogP contribution in [0.15, 0.2) is 0 Å². The summed E-state index contributed by atoms with van der Waals surface area (Å²) in [6, 6.07) is 0. The number of carbonyl (C=O) groups excluding carboxylic acids is 1. The Morgan fingerprint density at radius 3 is 2.32 bits per heavy atom. The first-order chi connectivity index (χ1) is 8.97. The lowest BCUT2D eigenvalue weighted by Gasteiger charge is -2.39. The Morgan fingerprint density at radius 1 is 1.21 bits per heavy atom. The predicted molar refractivity (Wildman–Crippen MR) is 71.9 cm³/mol. The van der Waals surface area contributed by atoms with Crippen LogP contribution in [0.2, 0.25) is 0 Å². The fourth-order valence-electron chi connectivity index (χ4n) is 2.50. The zero-order chi connectivity index (χ0) is 14.3. The van der Waals surface area contributed by atoms with Gasteiger partial charge in [0.1, 0.15) is 0 Å². The number of nitrogens with zero attached hydrogens (tertiary/aromatic N) is 1. The summed E-state index contributed by atoms with van der Waals surface area (Å²) in [4.78, 5) is 24.2. The molecular weight excluding hydrogens is 246 g/mol. The van der Waals surface area contributed by atoms with Crippen LogP contribution >= 0.6 is 0 Å². The molecule has 1 rings (SSSR count). The second kappa shape index (κ2) is 7.48. The lowest BCUT2D eigenvalue weighted by Crippen LogP contribution is -2.43. The molecule has 5 nitrogen and oxygen atoms in total. The van der Waals surface area contributed by atoms with E-state index in [4.69, 9.17) is 9.84 Å². The normalized spacial score (nSPS) is 18.3. The average molecular weight is 271 g/mol. The summed E-state index contributed by atoms with van der Waals surface area (Å²) >= 11 is 0. The van der Waals surface area contributed by atoms with Crippen molar-refractivity contribution in [1.82, 2.24) is 4.90 Å². The minimum absolute atomic E-state index is 0.152. The highest BCUT2D eigenvalue weighted by molar-refractivity contribution is 5.76. The van der Waals surface area contributed by atoms with Gasteiger partial charge in [0.15, 0.2) is 0 Å². The van der Waals surface area contributed by atoms with Gasteiger partial charge in [-0.25, -0.2) is 0 Å². The maximum absolute atomic E-state index is 12.0. The van der Waals surface area contributed by atoms with Crippen LogP contribution in [0, 0.1) is 5.41 Å². The molecule has 1 saturated heterocycles. The fourth-order valence-corrected chi connectivity index (χ4v) is 2.50. The van der Waals surface area contributed by atoms with Crippen LogP contribution < -0.4 is 0 Å². The Balaban J connectivity index is 2.23. The number of carboxylic acids is 1. The number of carboxylic acid groups (broad SMARTS) is 1. The van der Waals surface area contributed by atoms with Crippen LogP contribution in [0.4, 0.5) is 0 Å². The number of ether oxygens (including phenoxy) is 1. The Kier molecular flexibility index (Phi) is 6.28. The van der Waals surface area contributed by atoms with Crippen molar-refractivity contribution in [3.05, 3.63) is 0 Å². The number of hydrogen-bond donors (Lipinski definition) is 1. The van der Waals surface area contributed by atoms with E-state index in [1.165, 1.54) is 0 Å². The van der Waals surface area contributed by atoms with Gasteiger partial charge in [-0.3, -0.25) is 9.59 Å². The fraction of sp³-hybridized carbons (Fsp3) is 0.857. The third-order valence-electron chi connectivity index (χ3n) is 3.85. The molecule has 1 amide bonds. The van der Waals surface area contributed by atoms with E-state index in [0.29, 0.717) is 19.3 Å². The van der Waals surface area contributed by atoms with Gasteiger partial charge in [0, 0.05) is 33.0 Å². The Labute approximate surface area is 114 Å². The summed E-state index contributed by atoms with van der Waals surface area (Å²) in [6.45, 7) is 4.52. The Morgan fingerprint density at radius 2 is 1.79 bits per heavy atom. The molecule has 1 aliphatic heterocycles. The molecule has 0 radical (unpaired) electrons. The molecule has 0 aromatic carbocycles.